The van der Waals surface area contributed by atoms with Crippen LogP contribution in [0, 0.1) is 0 Å². The lowest BCUT2D eigenvalue weighted by Gasteiger charge is -2.22. The van der Waals surface area contributed by atoms with Gasteiger partial charge < -0.3 is 15.3 Å². The van der Waals surface area contributed by atoms with Crippen LogP contribution in [0.1, 0.15) is 77.6 Å². The Hall–Kier alpha value is -0.160. The Morgan fingerprint density at radius 1 is 0.714 bits per heavy atom. The summed E-state index contributed by atoms with van der Waals surface area (Å²) in [6.45, 7) is 4.34. The van der Waals surface area contributed by atoms with Gasteiger partial charge in [-0.3, -0.25) is 4.90 Å². The lowest BCUT2D eigenvalue weighted by Crippen LogP contribution is -2.34. The highest BCUT2D eigenvalue weighted by atomic mass is 16.5. The Labute approximate surface area is 131 Å². The molecule has 0 radical (unpaired) electrons. The van der Waals surface area contributed by atoms with E-state index in [0.717, 1.165) is 19.5 Å². The molecule has 0 saturated carbocycles. The third kappa shape index (κ3) is 16.0. The summed E-state index contributed by atoms with van der Waals surface area (Å²) in [5, 5.41) is 26.9. The van der Waals surface area contributed by atoms with E-state index in [2.05, 4.69) is 6.92 Å². The third-order valence-electron chi connectivity index (χ3n) is 3.88. The zero-order chi connectivity index (χ0) is 15.8. The maximum Gasteiger partial charge on any atom is 0.164 e. The first-order valence-electron chi connectivity index (χ1n) is 8.90. The number of aliphatic hydroxyl groups excluding tert-OH is 2. The summed E-state index contributed by atoms with van der Waals surface area (Å²) in [4.78, 5) is 2.03. The van der Waals surface area contributed by atoms with Gasteiger partial charge in [-0.1, -0.05) is 64.7 Å². The van der Waals surface area contributed by atoms with Gasteiger partial charge >= 0.3 is 0 Å². The molecule has 0 bridgehead atoms. The van der Waals surface area contributed by atoms with Gasteiger partial charge in [0.1, 0.15) is 0 Å². The minimum absolute atomic E-state index is 0.163. The number of aliphatic hydroxyl groups is 3. The molecule has 0 rings (SSSR count). The zero-order valence-electron chi connectivity index (χ0n) is 14.0. The van der Waals surface area contributed by atoms with E-state index in [1.165, 1.54) is 57.8 Å². The second-order valence-electron chi connectivity index (χ2n) is 6.04. The van der Waals surface area contributed by atoms with Gasteiger partial charge in [-0.25, -0.2) is 0 Å². The van der Waals surface area contributed by atoms with Crippen molar-refractivity contribution in [2.75, 3.05) is 26.2 Å². The summed E-state index contributed by atoms with van der Waals surface area (Å²) in [6.07, 6.45) is 12.5. The quantitative estimate of drug-likeness (QED) is 0.303. The predicted molar refractivity (Wildman–Crippen MR) is 88.2 cm³/mol. The fraction of sp³-hybridized carbons (Fsp3) is 1.00. The molecule has 0 aliphatic heterocycles. The Kier molecular flexibility index (Phi) is 16.1. The fourth-order valence-corrected chi connectivity index (χ4v) is 2.64. The van der Waals surface area contributed by atoms with Gasteiger partial charge in [0.05, 0.1) is 0 Å². The highest BCUT2D eigenvalue weighted by molar-refractivity contribution is 4.59. The van der Waals surface area contributed by atoms with E-state index in [1.807, 2.05) is 4.90 Å². The normalized spacial score (nSPS) is 11.7. The van der Waals surface area contributed by atoms with Crippen LogP contribution >= 0.6 is 0 Å². The molecule has 0 aromatic carbocycles. The number of nitrogens with zero attached hydrogens (tertiary/aromatic N) is 1. The van der Waals surface area contributed by atoms with E-state index in [0.29, 0.717) is 6.42 Å². The second kappa shape index (κ2) is 16.2. The van der Waals surface area contributed by atoms with E-state index < -0.39 is 6.29 Å². The van der Waals surface area contributed by atoms with Crippen molar-refractivity contribution in [3.05, 3.63) is 0 Å². The minimum Gasteiger partial charge on any atom is -0.396 e. The number of hydrogen-bond acceptors (Lipinski definition) is 4. The van der Waals surface area contributed by atoms with Crippen LogP contribution in [0.25, 0.3) is 0 Å². The molecule has 0 unspecified atom stereocenters. The van der Waals surface area contributed by atoms with Crippen LogP contribution in [-0.2, 0) is 0 Å². The van der Waals surface area contributed by atoms with Gasteiger partial charge in [-0.05, 0) is 19.4 Å². The van der Waals surface area contributed by atoms with Crippen molar-refractivity contribution in [2.45, 2.75) is 83.8 Å². The van der Waals surface area contributed by atoms with Crippen molar-refractivity contribution >= 4 is 0 Å². The molecule has 0 aliphatic carbocycles. The molecule has 0 spiro atoms. The molecule has 0 aromatic rings. The van der Waals surface area contributed by atoms with Crippen LogP contribution in [0.15, 0.2) is 0 Å². The summed E-state index contributed by atoms with van der Waals surface area (Å²) < 4.78 is 0. The fourth-order valence-electron chi connectivity index (χ4n) is 2.64. The van der Waals surface area contributed by atoms with Gasteiger partial charge in [0.2, 0.25) is 0 Å². The Morgan fingerprint density at radius 2 is 1.19 bits per heavy atom. The van der Waals surface area contributed by atoms with Crippen molar-refractivity contribution in [3.8, 4) is 0 Å². The molecular formula is C17H37NO3. The molecule has 0 fully saturated rings. The lowest BCUT2D eigenvalue weighted by atomic mass is 10.1. The largest absolute Gasteiger partial charge is 0.396 e. The van der Waals surface area contributed by atoms with Gasteiger partial charge in [-0.15, -0.1) is 0 Å². The maximum atomic E-state index is 9.03. The summed E-state index contributed by atoms with van der Waals surface area (Å²) in [5.74, 6) is 0. The lowest BCUT2D eigenvalue weighted by molar-refractivity contribution is -0.0619. The number of hydrogen-bond donors (Lipinski definition) is 3. The van der Waals surface area contributed by atoms with Crippen LogP contribution in [0.5, 0.6) is 0 Å². The molecule has 4 heteroatoms. The monoisotopic (exact) mass is 303 g/mol. The molecule has 0 aromatic heterocycles. The average Bonchev–Trinajstić information content (AvgIpc) is 2.46. The first-order chi connectivity index (χ1) is 10.2. The highest BCUT2D eigenvalue weighted by Gasteiger charge is 2.08. The molecule has 0 atom stereocenters. The Bertz CT molecular complexity index is 200. The highest BCUT2D eigenvalue weighted by Crippen LogP contribution is 2.11. The summed E-state index contributed by atoms with van der Waals surface area (Å²) in [7, 11) is 0. The summed E-state index contributed by atoms with van der Waals surface area (Å²) >= 11 is 0. The Morgan fingerprint density at radius 3 is 1.67 bits per heavy atom. The first kappa shape index (κ1) is 20.8. The van der Waals surface area contributed by atoms with Crippen molar-refractivity contribution < 1.29 is 15.3 Å². The second-order valence-corrected chi connectivity index (χ2v) is 6.04. The van der Waals surface area contributed by atoms with E-state index in [1.54, 1.807) is 0 Å². The zero-order valence-corrected chi connectivity index (χ0v) is 14.0. The van der Waals surface area contributed by atoms with Crippen molar-refractivity contribution in [2.24, 2.45) is 0 Å². The van der Waals surface area contributed by atoms with Gasteiger partial charge in [0.25, 0.3) is 0 Å². The smallest absolute Gasteiger partial charge is 0.164 e. The van der Waals surface area contributed by atoms with Crippen LogP contribution in [0.3, 0.4) is 0 Å². The molecule has 21 heavy (non-hydrogen) atoms. The molecule has 128 valence electrons. The number of rotatable bonds is 16. The van der Waals surface area contributed by atoms with Gasteiger partial charge in [0, 0.05) is 19.7 Å². The third-order valence-corrected chi connectivity index (χ3v) is 3.88. The summed E-state index contributed by atoms with van der Waals surface area (Å²) in [5.41, 5.74) is 0. The number of unbranched alkanes of at least 4 members (excludes halogenated alkanes) is 9. The molecular weight excluding hydrogens is 266 g/mol. The van der Waals surface area contributed by atoms with Crippen LogP contribution in [0.2, 0.25) is 0 Å². The van der Waals surface area contributed by atoms with Crippen molar-refractivity contribution in [3.63, 3.8) is 0 Å². The topological polar surface area (TPSA) is 63.9 Å². The van der Waals surface area contributed by atoms with E-state index in [-0.39, 0.29) is 13.2 Å². The molecule has 0 heterocycles. The molecule has 0 saturated heterocycles. The summed E-state index contributed by atoms with van der Waals surface area (Å²) in [6, 6.07) is 0. The molecule has 0 aliphatic rings. The standard InChI is InChI=1S/C17H37NO3/c1-2-3-4-5-6-7-8-9-10-11-13-18(14-12-15-19)16-17(20)21/h17,19-21H,2-16H2,1H3. The van der Waals surface area contributed by atoms with Crippen molar-refractivity contribution in [1.82, 2.24) is 4.90 Å². The minimum atomic E-state index is -1.27. The first-order valence-corrected chi connectivity index (χ1v) is 8.90. The van der Waals surface area contributed by atoms with Crippen molar-refractivity contribution in [1.29, 1.82) is 0 Å². The maximum absolute atomic E-state index is 9.03. The SMILES string of the molecule is CCCCCCCCCCCCN(CCCO)CC(O)O. The van der Waals surface area contributed by atoms with E-state index in [4.69, 9.17) is 15.3 Å². The van der Waals surface area contributed by atoms with Gasteiger partial charge in [0.15, 0.2) is 6.29 Å². The van der Waals surface area contributed by atoms with Crippen LogP contribution < -0.4 is 0 Å². The Balaban J connectivity index is 3.40. The molecule has 4 nitrogen and oxygen atoms in total. The molecule has 3 N–H and O–H groups in total. The predicted octanol–water partition coefficient (Wildman–Crippen LogP) is 2.90. The van der Waals surface area contributed by atoms with Crippen LogP contribution in [-0.4, -0.2) is 52.8 Å². The van der Waals surface area contributed by atoms with Crippen LogP contribution in [0.4, 0.5) is 0 Å². The van der Waals surface area contributed by atoms with E-state index in [9.17, 15) is 0 Å². The molecule has 0 amide bonds. The van der Waals surface area contributed by atoms with Gasteiger partial charge in [-0.2, -0.15) is 0 Å². The average molecular weight is 303 g/mol. The van der Waals surface area contributed by atoms with E-state index >= 15 is 0 Å².